The third-order valence-electron chi connectivity index (χ3n) is 3.25. The quantitative estimate of drug-likeness (QED) is 0.812. The molecule has 1 aromatic carbocycles. The molecule has 0 saturated carbocycles. The third-order valence-corrected chi connectivity index (χ3v) is 3.40. The maximum atomic E-state index is 5.43. The van der Waals surface area contributed by atoms with Gasteiger partial charge in [-0.2, -0.15) is 0 Å². The molecule has 104 valence electrons. The molecule has 1 aliphatic rings. The first kappa shape index (κ1) is 15.7. The van der Waals surface area contributed by atoms with Crippen molar-refractivity contribution in [2.45, 2.75) is 34.1 Å². The summed E-state index contributed by atoms with van der Waals surface area (Å²) in [6, 6.07) is 8.59. The van der Waals surface area contributed by atoms with Crippen molar-refractivity contribution in [2.75, 3.05) is 6.54 Å². The predicted octanol–water partition coefficient (Wildman–Crippen LogP) is 3.51. The molecule has 3 N–H and O–H groups in total. The smallest absolute Gasteiger partial charge is 0.163 e. The standard InChI is InChI=1S/C14H18N2S.C2H6/c1-14(2)9-10-5-3-4-6-11(10)12(14)7-8-16-13(15)17;1-2/h3-7H,8-9H2,1-2H3,(H3,15,16,17);1-2H3/b12-7-;. The summed E-state index contributed by atoms with van der Waals surface area (Å²) in [7, 11) is 0. The Morgan fingerprint density at radius 3 is 2.63 bits per heavy atom. The summed E-state index contributed by atoms with van der Waals surface area (Å²) in [5.74, 6) is 0. The topological polar surface area (TPSA) is 38.0 Å². The molecule has 0 aliphatic heterocycles. The Labute approximate surface area is 122 Å². The summed E-state index contributed by atoms with van der Waals surface area (Å²) in [6.07, 6.45) is 3.30. The highest BCUT2D eigenvalue weighted by Gasteiger charge is 2.32. The molecular formula is C16H24N2S. The fourth-order valence-corrected chi connectivity index (χ4v) is 2.60. The Morgan fingerprint density at radius 2 is 2.00 bits per heavy atom. The van der Waals surface area contributed by atoms with Crippen LogP contribution in [-0.4, -0.2) is 11.7 Å². The largest absolute Gasteiger partial charge is 0.376 e. The van der Waals surface area contributed by atoms with E-state index in [1.54, 1.807) is 0 Å². The highest BCUT2D eigenvalue weighted by Crippen LogP contribution is 2.45. The number of hydrogen-bond acceptors (Lipinski definition) is 1. The zero-order valence-electron chi connectivity index (χ0n) is 12.3. The van der Waals surface area contributed by atoms with Gasteiger partial charge in [0.25, 0.3) is 0 Å². The molecule has 2 rings (SSSR count). The SMILES string of the molecule is CC.CC1(C)Cc2ccccc2/C1=C/CNC(N)=S. The second kappa shape index (κ2) is 6.71. The van der Waals surface area contributed by atoms with Crippen LogP contribution in [0.25, 0.3) is 5.57 Å². The summed E-state index contributed by atoms with van der Waals surface area (Å²) in [4.78, 5) is 0. The van der Waals surface area contributed by atoms with Gasteiger partial charge in [0.15, 0.2) is 5.11 Å². The molecule has 0 atom stereocenters. The molecule has 0 bridgehead atoms. The van der Waals surface area contributed by atoms with Crippen molar-refractivity contribution >= 4 is 22.9 Å². The highest BCUT2D eigenvalue weighted by atomic mass is 32.1. The minimum Gasteiger partial charge on any atom is -0.376 e. The van der Waals surface area contributed by atoms with E-state index in [0.717, 1.165) is 6.42 Å². The van der Waals surface area contributed by atoms with Crippen LogP contribution >= 0.6 is 12.2 Å². The molecule has 0 unspecified atom stereocenters. The highest BCUT2D eigenvalue weighted by molar-refractivity contribution is 7.80. The molecule has 0 aromatic heterocycles. The molecule has 0 spiro atoms. The normalized spacial score (nSPS) is 17.4. The summed E-state index contributed by atoms with van der Waals surface area (Å²) >= 11 is 4.81. The van der Waals surface area contributed by atoms with E-state index in [-0.39, 0.29) is 5.41 Å². The summed E-state index contributed by atoms with van der Waals surface area (Å²) in [5, 5.41) is 3.33. The number of nitrogens with two attached hydrogens (primary N) is 1. The number of hydrogen-bond donors (Lipinski definition) is 2. The Kier molecular flexibility index (Phi) is 5.55. The molecule has 0 saturated heterocycles. The molecular weight excluding hydrogens is 252 g/mol. The summed E-state index contributed by atoms with van der Waals surface area (Å²) < 4.78 is 0. The fourth-order valence-electron chi connectivity index (χ4n) is 2.51. The van der Waals surface area contributed by atoms with Gasteiger partial charge in [0, 0.05) is 6.54 Å². The number of benzene rings is 1. The van der Waals surface area contributed by atoms with E-state index in [1.165, 1.54) is 16.7 Å². The van der Waals surface area contributed by atoms with E-state index in [4.69, 9.17) is 18.0 Å². The van der Waals surface area contributed by atoms with E-state index in [1.807, 2.05) is 13.8 Å². The van der Waals surface area contributed by atoms with Crippen LogP contribution in [0.1, 0.15) is 38.8 Å². The molecule has 0 heterocycles. The average Bonchev–Trinajstić information content (AvgIpc) is 2.62. The van der Waals surface area contributed by atoms with Gasteiger partial charge >= 0.3 is 0 Å². The lowest BCUT2D eigenvalue weighted by atomic mass is 9.85. The maximum absolute atomic E-state index is 5.43. The molecule has 1 aliphatic carbocycles. The first-order valence-corrected chi connectivity index (χ1v) is 7.24. The molecule has 3 heteroatoms. The van der Waals surface area contributed by atoms with Gasteiger partial charge in [-0.1, -0.05) is 58.0 Å². The first-order valence-electron chi connectivity index (χ1n) is 6.83. The minimum absolute atomic E-state index is 0.196. The molecule has 2 nitrogen and oxygen atoms in total. The lowest BCUT2D eigenvalue weighted by Gasteiger charge is -2.20. The van der Waals surface area contributed by atoms with Gasteiger partial charge in [0.2, 0.25) is 0 Å². The number of nitrogens with one attached hydrogen (secondary N) is 1. The monoisotopic (exact) mass is 276 g/mol. The van der Waals surface area contributed by atoms with Gasteiger partial charge < -0.3 is 11.1 Å². The number of fused-ring (bicyclic) bond motifs is 1. The van der Waals surface area contributed by atoms with Gasteiger partial charge in [-0.05, 0) is 40.8 Å². The second-order valence-electron chi connectivity index (χ2n) is 5.08. The third kappa shape index (κ3) is 3.80. The Morgan fingerprint density at radius 1 is 1.37 bits per heavy atom. The predicted molar refractivity (Wildman–Crippen MR) is 88.0 cm³/mol. The van der Waals surface area contributed by atoms with Crippen molar-refractivity contribution in [3.63, 3.8) is 0 Å². The van der Waals surface area contributed by atoms with Crippen molar-refractivity contribution in [1.29, 1.82) is 0 Å². The number of allylic oxidation sites excluding steroid dienone is 1. The van der Waals surface area contributed by atoms with Crippen LogP contribution in [0.15, 0.2) is 30.3 Å². The lowest BCUT2D eigenvalue weighted by Crippen LogP contribution is -2.29. The van der Waals surface area contributed by atoms with Crippen LogP contribution in [0, 0.1) is 5.41 Å². The van der Waals surface area contributed by atoms with Crippen molar-refractivity contribution in [1.82, 2.24) is 5.32 Å². The van der Waals surface area contributed by atoms with Gasteiger partial charge in [-0.25, -0.2) is 0 Å². The molecule has 19 heavy (non-hydrogen) atoms. The van der Waals surface area contributed by atoms with Crippen LogP contribution in [0.5, 0.6) is 0 Å². The van der Waals surface area contributed by atoms with Gasteiger partial charge in [-0.15, -0.1) is 0 Å². The average molecular weight is 276 g/mol. The van der Waals surface area contributed by atoms with Crippen LogP contribution in [0.3, 0.4) is 0 Å². The summed E-state index contributed by atoms with van der Waals surface area (Å²) in [6.45, 7) is 9.25. The van der Waals surface area contributed by atoms with Gasteiger partial charge in [0.1, 0.15) is 0 Å². The van der Waals surface area contributed by atoms with E-state index >= 15 is 0 Å². The first-order chi connectivity index (χ1) is 9.00. The Bertz CT molecular complexity index is 475. The Hall–Kier alpha value is -1.35. The molecule has 0 radical (unpaired) electrons. The minimum atomic E-state index is 0.196. The van der Waals surface area contributed by atoms with E-state index in [0.29, 0.717) is 11.7 Å². The van der Waals surface area contributed by atoms with Crippen LogP contribution < -0.4 is 11.1 Å². The fraction of sp³-hybridized carbons (Fsp3) is 0.438. The molecule has 0 amide bonds. The van der Waals surface area contributed by atoms with Crippen LogP contribution in [0.2, 0.25) is 0 Å². The lowest BCUT2D eigenvalue weighted by molar-refractivity contribution is 0.519. The van der Waals surface area contributed by atoms with E-state index in [9.17, 15) is 0 Å². The second-order valence-corrected chi connectivity index (χ2v) is 5.52. The van der Waals surface area contributed by atoms with Gasteiger partial charge in [-0.3, -0.25) is 0 Å². The number of rotatable bonds is 2. The Balaban J connectivity index is 0.000000861. The van der Waals surface area contributed by atoms with Gasteiger partial charge in [0.05, 0.1) is 0 Å². The van der Waals surface area contributed by atoms with Crippen molar-refractivity contribution in [2.24, 2.45) is 11.1 Å². The zero-order valence-corrected chi connectivity index (χ0v) is 13.1. The van der Waals surface area contributed by atoms with E-state index in [2.05, 4.69) is 49.5 Å². The maximum Gasteiger partial charge on any atom is 0.163 e. The van der Waals surface area contributed by atoms with E-state index < -0.39 is 0 Å². The summed E-state index contributed by atoms with van der Waals surface area (Å²) in [5.41, 5.74) is 9.81. The van der Waals surface area contributed by atoms with Crippen molar-refractivity contribution in [3.8, 4) is 0 Å². The molecule has 0 fully saturated rings. The van der Waals surface area contributed by atoms with Crippen LogP contribution in [-0.2, 0) is 6.42 Å². The van der Waals surface area contributed by atoms with Crippen LogP contribution in [0.4, 0.5) is 0 Å². The van der Waals surface area contributed by atoms with Crippen molar-refractivity contribution < 1.29 is 0 Å². The number of thiocarbonyl (C=S) groups is 1. The zero-order chi connectivity index (χ0) is 14.5. The molecule has 1 aromatic rings. The van der Waals surface area contributed by atoms with Crippen molar-refractivity contribution in [3.05, 3.63) is 41.5 Å².